The Hall–Kier alpha value is -10.0. The van der Waals surface area contributed by atoms with Crippen molar-refractivity contribution in [1.82, 2.24) is 19.9 Å². The van der Waals surface area contributed by atoms with Gasteiger partial charge < -0.3 is 38.0 Å². The summed E-state index contributed by atoms with van der Waals surface area (Å²) in [6.07, 6.45) is 10.3. The first-order valence-corrected chi connectivity index (χ1v) is 37.5. The monoisotopic (exact) mass is 1570 g/mol. The second-order valence-corrected chi connectivity index (χ2v) is 32.0. The van der Waals surface area contributed by atoms with Gasteiger partial charge in [0.05, 0.1) is 17.8 Å². The summed E-state index contributed by atoms with van der Waals surface area (Å²) in [5.41, 5.74) is 22.9. The van der Waals surface area contributed by atoms with E-state index in [0.29, 0.717) is 17.5 Å². The SMILES string of the molecule is Cc1ccc2c(n1)oc1c(-c3ccc(-c4ccccc4-c4cc(-c5ccccc5-c5ccc(-c6[c-]ccc(B7O[C@@H]8[C@](c9ccccc9)(O7)[C@H]7CC[C@]8(C)C7(C)C)c6)nc5)cc(-c5ccccc5-c5ccc(-c6[c-]ccc(B7O[C@@H]8[C@](c9ccccc9)(O7)[C@H]7CC[C@]8(C)C7(C)C)c6)nc5)c4)cn3)[c-]ccc12.[Ir+3]. The molecule has 0 amide bonds. The van der Waals surface area contributed by atoms with E-state index in [4.69, 9.17) is 43.0 Å². The molecule has 0 unspecified atom stereocenters. The molecule has 7 heterocycles. The molecule has 107 heavy (non-hydrogen) atoms. The maximum absolute atomic E-state index is 7.37. The number of rotatable bonds is 13. The molecule has 14 aromatic rings. The Morgan fingerprint density at radius 1 is 0.402 bits per heavy atom. The minimum atomic E-state index is -0.539. The molecule has 9 nitrogen and oxygen atoms in total. The fourth-order valence-corrected chi connectivity index (χ4v) is 20.4. The van der Waals surface area contributed by atoms with Crippen molar-refractivity contribution < 1.29 is 43.1 Å². The number of nitrogens with zero attached hydrogens (tertiary/aromatic N) is 4. The zero-order valence-electron chi connectivity index (χ0n) is 60.9. The van der Waals surface area contributed by atoms with E-state index < -0.39 is 25.4 Å². The number of pyridine rings is 4. The number of hydrogen-bond acceptors (Lipinski definition) is 9. The van der Waals surface area contributed by atoms with Crippen molar-refractivity contribution in [2.45, 2.75) is 97.6 Å². The fourth-order valence-electron chi connectivity index (χ4n) is 20.4. The molecule has 6 aliphatic rings. The van der Waals surface area contributed by atoms with Crippen LogP contribution in [0, 0.1) is 58.6 Å². The van der Waals surface area contributed by atoms with E-state index in [1.807, 2.05) is 55.8 Å². The maximum atomic E-state index is 7.37. The molecule has 12 heteroatoms. The Bertz CT molecular complexity index is 5570. The molecule has 2 saturated heterocycles. The summed E-state index contributed by atoms with van der Waals surface area (Å²) in [4.78, 5) is 20.3. The molecular weight excluding hydrogens is 1490 g/mol. The van der Waals surface area contributed by atoms with Crippen LogP contribution >= 0.6 is 0 Å². The topological polar surface area (TPSA) is 102 Å². The Kier molecular flexibility index (Phi) is 16.0. The Morgan fingerprint density at radius 3 is 1.22 bits per heavy atom. The molecule has 0 radical (unpaired) electrons. The molecule has 4 saturated carbocycles. The summed E-state index contributed by atoms with van der Waals surface area (Å²) in [6, 6.07) is 98.5. The van der Waals surface area contributed by atoms with E-state index in [-0.39, 0.29) is 54.0 Å². The van der Waals surface area contributed by atoms with Crippen molar-refractivity contribution in [3.8, 4) is 101 Å². The summed E-state index contributed by atoms with van der Waals surface area (Å²) in [6.45, 7) is 16.5. The number of hydrogen-bond donors (Lipinski definition) is 0. The van der Waals surface area contributed by atoms with Crippen molar-refractivity contribution in [3.63, 3.8) is 0 Å². The Balaban J connectivity index is 0.00000781. The van der Waals surface area contributed by atoms with Crippen LogP contribution in [0.25, 0.3) is 123 Å². The standard InChI is InChI=1S/C95H77B2N4O5.Ir/c1-59-39-43-79-78-37-22-38-80(86(78)102-87(79)101-59)83-46-42-64(58-100-83)74-33-16-19-36-77(74)67-52-65(75-34-17-14-31-72(75)62-40-44-81(98-56-62)60-23-20-29-70(54-60)96-103-88-92(6)49-47-84(90(92,2)3)94(88,105-96)68-25-10-8-11-26-68)51-66(53-67)76-35-18-15-32-73(76)63-41-45-82(99-57-63)61-24-21-30-71(55-61)97-104-89-93(7)50-48-85(91(93,4)5)95(89,106-97)69-27-12-9-13-28-69;/h8-22,25-37,39-46,51-58,84-85,88-89H,47-50H2,1-7H3;/q-3;+3/t84-,85-,88-,89-,92-,93-,94+,95+;/m0./s1. The van der Waals surface area contributed by atoms with Gasteiger partial charge in [0.25, 0.3) is 0 Å². The van der Waals surface area contributed by atoms with Crippen LogP contribution in [0.1, 0.15) is 84.0 Å². The average molecular weight is 1570 g/mol. The Labute approximate surface area is 639 Å². The third-order valence-corrected chi connectivity index (χ3v) is 26.4. The number of aromatic nitrogens is 4. The Morgan fingerprint density at radius 2 is 0.804 bits per heavy atom. The first-order chi connectivity index (χ1) is 51.6. The van der Waals surface area contributed by atoms with E-state index in [2.05, 4.69) is 278 Å². The van der Waals surface area contributed by atoms with Crippen molar-refractivity contribution >= 4 is 47.2 Å². The van der Waals surface area contributed by atoms with Gasteiger partial charge in [-0.15, -0.1) is 88.8 Å². The zero-order chi connectivity index (χ0) is 71.5. The van der Waals surface area contributed by atoms with Crippen LogP contribution in [0.3, 0.4) is 0 Å². The van der Waals surface area contributed by atoms with E-state index in [1.54, 1.807) is 0 Å². The third kappa shape index (κ3) is 10.2. The van der Waals surface area contributed by atoms with Gasteiger partial charge in [0.1, 0.15) is 11.2 Å². The first-order valence-electron chi connectivity index (χ1n) is 37.5. The molecule has 0 N–H and O–H groups in total. The quantitative estimate of drug-likeness (QED) is 0.0825. The summed E-state index contributed by atoms with van der Waals surface area (Å²) >= 11 is 0. The van der Waals surface area contributed by atoms with Gasteiger partial charge in [0, 0.05) is 40.5 Å². The molecule has 5 aromatic heterocycles. The number of aryl methyl sites for hydroxylation is 1. The summed E-state index contributed by atoms with van der Waals surface area (Å²) in [7, 11) is -1.07. The maximum Gasteiger partial charge on any atom is 3.00 e. The predicted octanol–water partition coefficient (Wildman–Crippen LogP) is 20.8. The molecule has 8 atom stereocenters. The van der Waals surface area contributed by atoms with Crippen molar-refractivity contribution in [1.29, 1.82) is 0 Å². The van der Waals surface area contributed by atoms with Crippen LogP contribution in [-0.2, 0) is 49.9 Å². The van der Waals surface area contributed by atoms with Gasteiger partial charge in [-0.2, -0.15) is 0 Å². The largest absolute Gasteiger partial charge is 3.00 e. The van der Waals surface area contributed by atoms with E-state index >= 15 is 0 Å². The van der Waals surface area contributed by atoms with Crippen LogP contribution < -0.4 is 10.9 Å². The first kappa shape index (κ1) is 67.6. The van der Waals surface area contributed by atoms with Gasteiger partial charge in [-0.1, -0.05) is 222 Å². The molecule has 6 fully saturated rings. The van der Waals surface area contributed by atoms with Crippen LogP contribution in [0.4, 0.5) is 0 Å². The summed E-state index contributed by atoms with van der Waals surface area (Å²) in [5.74, 6) is 0.645. The van der Waals surface area contributed by atoms with Gasteiger partial charge in [0.15, 0.2) is 0 Å². The van der Waals surface area contributed by atoms with Crippen LogP contribution in [0.5, 0.6) is 0 Å². The second-order valence-electron chi connectivity index (χ2n) is 32.0. The van der Waals surface area contributed by atoms with Crippen molar-refractivity contribution in [2.24, 2.45) is 33.5 Å². The molecule has 522 valence electrons. The van der Waals surface area contributed by atoms with Crippen molar-refractivity contribution in [2.75, 3.05) is 0 Å². The zero-order valence-corrected chi connectivity index (χ0v) is 63.3. The number of benzene rings is 9. The minimum absolute atomic E-state index is 0. The molecule has 2 aliphatic heterocycles. The summed E-state index contributed by atoms with van der Waals surface area (Å²) < 4.78 is 35.6. The molecule has 4 aliphatic carbocycles. The second kappa shape index (κ2) is 25.3. The van der Waals surface area contributed by atoms with Crippen molar-refractivity contribution in [3.05, 3.63) is 302 Å². The fraction of sp³-hybridized carbons (Fsp3) is 0.221. The number of furan rings is 1. The van der Waals surface area contributed by atoms with E-state index in [1.165, 1.54) is 11.1 Å². The minimum Gasteiger partial charge on any atom is -0.486 e. The third-order valence-electron chi connectivity index (χ3n) is 26.4. The average Bonchev–Trinajstić information content (AvgIpc) is 1.50. The van der Waals surface area contributed by atoms with Crippen LogP contribution in [0.15, 0.2) is 272 Å². The van der Waals surface area contributed by atoms with Gasteiger partial charge in [-0.3, -0.25) is 0 Å². The normalized spacial score (nSPS) is 24.1. The van der Waals surface area contributed by atoms with Gasteiger partial charge in [0.2, 0.25) is 5.71 Å². The molecule has 20 rings (SSSR count). The smallest absolute Gasteiger partial charge is 0.486 e. The number of fused-ring (bicyclic) bond motifs is 13. The van der Waals surface area contributed by atoms with E-state index in [9.17, 15) is 0 Å². The van der Waals surface area contributed by atoms with Gasteiger partial charge in [-0.05, 0) is 181 Å². The molecule has 0 spiro atoms. The van der Waals surface area contributed by atoms with Crippen LogP contribution in [-0.4, -0.2) is 46.4 Å². The van der Waals surface area contributed by atoms with Crippen LogP contribution in [0.2, 0.25) is 0 Å². The molecule has 4 bridgehead atoms. The van der Waals surface area contributed by atoms with Gasteiger partial charge >= 0.3 is 34.3 Å². The predicted molar refractivity (Wildman–Crippen MR) is 423 cm³/mol. The molecular formula is C95H77B2IrN4O5. The molecule has 9 aromatic carbocycles. The summed E-state index contributed by atoms with van der Waals surface area (Å²) in [5, 5.41) is 1.95. The van der Waals surface area contributed by atoms with E-state index in [0.717, 1.165) is 159 Å². The van der Waals surface area contributed by atoms with Gasteiger partial charge in [-0.25, -0.2) is 4.98 Å².